The van der Waals surface area contributed by atoms with E-state index >= 15 is 0 Å². The largest absolute Gasteiger partial charge is 0.357 e. The number of hydrogen-bond acceptors (Lipinski definition) is 5. The van der Waals surface area contributed by atoms with Gasteiger partial charge in [0.2, 0.25) is 0 Å². The molecule has 2 aromatic heterocycles. The summed E-state index contributed by atoms with van der Waals surface area (Å²) in [5.74, 6) is 2.69. The molecule has 2 saturated heterocycles. The number of nitrogens with zero attached hydrogens (tertiary/aromatic N) is 7. The maximum Gasteiger partial charge on any atom is 0.194 e. The Kier molecular flexibility index (Phi) is 7.06. The lowest BCUT2D eigenvalue weighted by atomic mass is 9.93. The van der Waals surface area contributed by atoms with Gasteiger partial charge in [-0.15, -0.1) is 0 Å². The van der Waals surface area contributed by atoms with E-state index in [1.807, 2.05) is 18.7 Å². The van der Waals surface area contributed by atoms with E-state index in [1.54, 1.807) is 0 Å². The van der Waals surface area contributed by atoms with Gasteiger partial charge in [0.1, 0.15) is 5.82 Å². The van der Waals surface area contributed by atoms with Crippen LogP contribution >= 0.6 is 0 Å². The predicted molar refractivity (Wildman–Crippen MR) is 125 cm³/mol. The molecule has 2 aliphatic rings. The Labute approximate surface area is 186 Å². The summed E-state index contributed by atoms with van der Waals surface area (Å²) in [6.45, 7) is 12.2. The molecule has 0 aromatic carbocycles. The third-order valence-electron chi connectivity index (χ3n) is 6.51. The summed E-state index contributed by atoms with van der Waals surface area (Å²) in [6, 6.07) is 4.70. The maximum absolute atomic E-state index is 5.00. The number of guanidine groups is 1. The summed E-state index contributed by atoms with van der Waals surface area (Å²) in [4.78, 5) is 21.0. The van der Waals surface area contributed by atoms with Crippen molar-refractivity contribution in [2.75, 3.05) is 57.8 Å². The number of likely N-dealkylation sites (tertiary alicyclic amines) is 1. The zero-order chi connectivity index (χ0) is 21.6. The Morgan fingerprint density at radius 3 is 2.77 bits per heavy atom. The Morgan fingerprint density at radius 1 is 1.19 bits per heavy atom. The minimum absolute atomic E-state index is 0.421. The van der Waals surface area contributed by atoms with Crippen LogP contribution in [0.3, 0.4) is 0 Å². The first-order valence-corrected chi connectivity index (χ1v) is 11.5. The number of likely N-dealkylation sites (N-methyl/N-ethyl adjacent to an activating group) is 1. The SMILES string of the molecule is CCNC(=NCc1ccnc(N2CCN(C)CC2)c1)N1CCC(C)C(n2ccnc2)C1. The van der Waals surface area contributed by atoms with Gasteiger partial charge in [0.05, 0.1) is 18.9 Å². The van der Waals surface area contributed by atoms with E-state index in [0.29, 0.717) is 18.5 Å². The molecule has 0 bridgehead atoms. The van der Waals surface area contributed by atoms with Crippen LogP contribution in [-0.2, 0) is 6.54 Å². The van der Waals surface area contributed by atoms with Gasteiger partial charge in [0.25, 0.3) is 0 Å². The Balaban J connectivity index is 1.45. The number of anilines is 1. The molecule has 168 valence electrons. The standard InChI is InChI=1S/C23H36N8/c1-4-25-23(30-9-6-19(2)21(17-30)31-10-8-24-18-31)27-16-20-5-7-26-22(15-20)29-13-11-28(3)12-14-29/h5,7-8,10,15,18-19,21H,4,6,9,11-14,16-17H2,1-3H3,(H,25,27). The molecule has 4 rings (SSSR count). The molecule has 0 aliphatic carbocycles. The van der Waals surface area contributed by atoms with Crippen molar-refractivity contribution in [1.82, 2.24) is 29.7 Å². The predicted octanol–water partition coefficient (Wildman–Crippen LogP) is 2.08. The van der Waals surface area contributed by atoms with Crippen molar-refractivity contribution in [2.24, 2.45) is 10.9 Å². The zero-order valence-electron chi connectivity index (χ0n) is 19.1. The maximum atomic E-state index is 5.00. The second kappa shape index (κ2) is 10.1. The average molecular weight is 425 g/mol. The zero-order valence-corrected chi connectivity index (χ0v) is 19.1. The van der Waals surface area contributed by atoms with E-state index in [1.165, 1.54) is 5.56 Å². The van der Waals surface area contributed by atoms with Crippen LogP contribution in [-0.4, -0.2) is 83.2 Å². The summed E-state index contributed by atoms with van der Waals surface area (Å²) < 4.78 is 2.24. The molecule has 2 aliphatic heterocycles. The van der Waals surface area contributed by atoms with Crippen LogP contribution in [0.25, 0.3) is 0 Å². The molecule has 0 spiro atoms. The number of piperidine rings is 1. The van der Waals surface area contributed by atoms with Crippen molar-refractivity contribution in [1.29, 1.82) is 0 Å². The topological polar surface area (TPSA) is 64.8 Å². The van der Waals surface area contributed by atoms with Gasteiger partial charge in [0.15, 0.2) is 5.96 Å². The normalized spacial score (nSPS) is 23.3. The van der Waals surface area contributed by atoms with Crippen LogP contribution in [0.2, 0.25) is 0 Å². The fraction of sp³-hybridized carbons (Fsp3) is 0.609. The number of rotatable bonds is 5. The monoisotopic (exact) mass is 424 g/mol. The molecule has 0 saturated carbocycles. The molecule has 2 atom stereocenters. The van der Waals surface area contributed by atoms with E-state index in [-0.39, 0.29) is 0 Å². The number of aromatic nitrogens is 3. The van der Waals surface area contributed by atoms with Crippen LogP contribution in [0.4, 0.5) is 5.82 Å². The molecular weight excluding hydrogens is 388 g/mol. The van der Waals surface area contributed by atoms with Gasteiger partial charge in [-0.2, -0.15) is 0 Å². The number of aliphatic imine (C=N–C) groups is 1. The highest BCUT2D eigenvalue weighted by atomic mass is 15.3. The second-order valence-electron chi connectivity index (χ2n) is 8.77. The Hall–Kier alpha value is -2.61. The van der Waals surface area contributed by atoms with Gasteiger partial charge < -0.3 is 24.6 Å². The minimum Gasteiger partial charge on any atom is -0.357 e. The van der Waals surface area contributed by atoms with Gasteiger partial charge in [-0.05, 0) is 44.0 Å². The lowest BCUT2D eigenvalue weighted by Crippen LogP contribution is -2.49. The number of hydrogen-bond donors (Lipinski definition) is 1. The summed E-state index contributed by atoms with van der Waals surface area (Å²) in [7, 11) is 2.18. The van der Waals surface area contributed by atoms with E-state index in [0.717, 1.165) is 64.0 Å². The molecule has 1 N–H and O–H groups in total. The number of piperazine rings is 1. The van der Waals surface area contributed by atoms with Crippen LogP contribution in [0.5, 0.6) is 0 Å². The summed E-state index contributed by atoms with van der Waals surface area (Å²) in [5.41, 5.74) is 1.20. The molecule has 8 heteroatoms. The van der Waals surface area contributed by atoms with Crippen LogP contribution in [0.1, 0.15) is 31.9 Å². The van der Waals surface area contributed by atoms with Crippen molar-refractivity contribution in [3.63, 3.8) is 0 Å². The summed E-state index contributed by atoms with van der Waals surface area (Å²) >= 11 is 0. The lowest BCUT2D eigenvalue weighted by Gasteiger charge is -2.39. The number of pyridine rings is 1. The smallest absolute Gasteiger partial charge is 0.194 e. The highest BCUT2D eigenvalue weighted by Gasteiger charge is 2.28. The van der Waals surface area contributed by atoms with Crippen molar-refractivity contribution in [3.8, 4) is 0 Å². The highest BCUT2D eigenvalue weighted by molar-refractivity contribution is 5.80. The van der Waals surface area contributed by atoms with Crippen molar-refractivity contribution >= 4 is 11.8 Å². The van der Waals surface area contributed by atoms with Crippen molar-refractivity contribution < 1.29 is 0 Å². The van der Waals surface area contributed by atoms with E-state index in [9.17, 15) is 0 Å². The van der Waals surface area contributed by atoms with Gasteiger partial charge >= 0.3 is 0 Å². The first-order valence-electron chi connectivity index (χ1n) is 11.5. The van der Waals surface area contributed by atoms with Crippen molar-refractivity contribution in [3.05, 3.63) is 42.6 Å². The Morgan fingerprint density at radius 2 is 2.03 bits per heavy atom. The van der Waals surface area contributed by atoms with E-state index in [4.69, 9.17) is 4.99 Å². The molecule has 0 amide bonds. The van der Waals surface area contributed by atoms with Gasteiger partial charge in [-0.3, -0.25) is 0 Å². The molecule has 8 nitrogen and oxygen atoms in total. The first-order chi connectivity index (χ1) is 15.1. The fourth-order valence-electron chi connectivity index (χ4n) is 4.45. The molecule has 0 radical (unpaired) electrons. The lowest BCUT2D eigenvalue weighted by molar-refractivity contribution is 0.189. The van der Waals surface area contributed by atoms with Gasteiger partial charge in [-0.25, -0.2) is 15.0 Å². The number of imidazole rings is 1. The van der Waals surface area contributed by atoms with Crippen molar-refractivity contribution in [2.45, 2.75) is 32.9 Å². The average Bonchev–Trinajstić information content (AvgIpc) is 3.32. The molecule has 2 fully saturated rings. The van der Waals surface area contributed by atoms with E-state index in [2.05, 4.69) is 73.8 Å². The first kappa shape index (κ1) is 21.6. The third-order valence-corrected chi connectivity index (χ3v) is 6.51. The third kappa shape index (κ3) is 5.36. The fourth-order valence-corrected chi connectivity index (χ4v) is 4.45. The van der Waals surface area contributed by atoms with Crippen LogP contribution < -0.4 is 10.2 Å². The minimum atomic E-state index is 0.421. The van der Waals surface area contributed by atoms with Gasteiger partial charge in [0, 0.05) is 64.4 Å². The second-order valence-corrected chi connectivity index (χ2v) is 8.77. The molecule has 4 heterocycles. The number of nitrogens with one attached hydrogen (secondary N) is 1. The summed E-state index contributed by atoms with van der Waals surface area (Å²) in [5, 5.41) is 3.51. The molecule has 2 unspecified atom stereocenters. The molecule has 2 aromatic rings. The summed E-state index contributed by atoms with van der Waals surface area (Å²) in [6.07, 6.45) is 8.95. The van der Waals surface area contributed by atoms with E-state index < -0.39 is 0 Å². The Bertz CT molecular complexity index is 841. The molecule has 31 heavy (non-hydrogen) atoms. The molecular formula is C23H36N8. The highest BCUT2D eigenvalue weighted by Crippen LogP contribution is 2.27. The van der Waals surface area contributed by atoms with Gasteiger partial charge in [-0.1, -0.05) is 6.92 Å². The van der Waals surface area contributed by atoms with Crippen LogP contribution in [0, 0.1) is 5.92 Å². The quantitative estimate of drug-likeness (QED) is 0.586. The van der Waals surface area contributed by atoms with Crippen LogP contribution in [0.15, 0.2) is 42.0 Å².